The van der Waals surface area contributed by atoms with Crippen LogP contribution in [-0.2, 0) is 0 Å². The van der Waals surface area contributed by atoms with Gasteiger partial charge in [0.25, 0.3) is 0 Å². The van der Waals surface area contributed by atoms with Crippen LogP contribution in [0.25, 0.3) is 0 Å². The lowest BCUT2D eigenvalue weighted by Crippen LogP contribution is -2.36. The Balaban J connectivity index is 2.21. The fourth-order valence-electron chi connectivity index (χ4n) is 3.09. The normalized spacial score (nSPS) is 15.2. The molecule has 0 radical (unpaired) electrons. The van der Waals surface area contributed by atoms with Crippen LogP contribution >= 0.6 is 35.0 Å². The van der Waals surface area contributed by atoms with Crippen molar-refractivity contribution in [1.82, 2.24) is 5.32 Å². The van der Waals surface area contributed by atoms with Crippen molar-refractivity contribution in [1.29, 1.82) is 0 Å². The molecule has 154 valence electrons. The molecule has 0 aliphatic heterocycles. The van der Waals surface area contributed by atoms with Gasteiger partial charge in [-0.3, -0.25) is 0 Å². The molecule has 0 amide bonds. The third-order valence-corrected chi connectivity index (χ3v) is 6.44. The monoisotopic (exact) mass is 439 g/mol. The molecule has 0 saturated carbocycles. The second kappa shape index (κ2) is 10.9. The van der Waals surface area contributed by atoms with Crippen LogP contribution in [0.15, 0.2) is 48.5 Å². The molecule has 0 spiro atoms. The van der Waals surface area contributed by atoms with Crippen molar-refractivity contribution in [2.24, 2.45) is 0 Å². The van der Waals surface area contributed by atoms with E-state index >= 15 is 0 Å². The largest absolute Gasteiger partial charge is 0.386 e. The van der Waals surface area contributed by atoms with Crippen molar-refractivity contribution in [3.05, 3.63) is 69.7 Å². The number of rotatable bonds is 9. The van der Waals surface area contributed by atoms with Gasteiger partial charge >= 0.3 is 0 Å². The van der Waals surface area contributed by atoms with Crippen molar-refractivity contribution < 1.29 is 5.11 Å². The van der Waals surface area contributed by atoms with Crippen LogP contribution < -0.4 is 5.32 Å². The quantitative estimate of drug-likeness (QED) is 0.438. The van der Waals surface area contributed by atoms with E-state index in [1.54, 1.807) is 0 Å². The zero-order chi connectivity index (χ0) is 20.7. The molecule has 0 aromatic heterocycles. The van der Waals surface area contributed by atoms with Crippen molar-refractivity contribution in [2.45, 2.75) is 63.5 Å². The van der Waals surface area contributed by atoms with E-state index in [9.17, 15) is 5.11 Å². The number of halogens is 2. The van der Waals surface area contributed by atoms with Gasteiger partial charge in [-0.2, -0.15) is 11.8 Å². The first-order chi connectivity index (χ1) is 13.2. The van der Waals surface area contributed by atoms with Gasteiger partial charge in [-0.15, -0.1) is 0 Å². The SMILES string of the molecule is CCC(CCSC(C)(C)C)N[C@H](c1ccc(Cl)cc1)[C@H](O)c1cccc(Cl)c1. The number of aliphatic hydroxyl groups excluding tert-OH is 1. The molecule has 3 atom stereocenters. The molecular weight excluding hydrogens is 409 g/mol. The zero-order valence-corrected chi connectivity index (χ0v) is 19.4. The van der Waals surface area contributed by atoms with Crippen LogP contribution in [0.1, 0.15) is 63.8 Å². The molecule has 0 fully saturated rings. The number of hydrogen-bond acceptors (Lipinski definition) is 3. The first-order valence-corrected chi connectivity index (χ1v) is 11.5. The summed E-state index contributed by atoms with van der Waals surface area (Å²) in [5.74, 6) is 1.08. The van der Waals surface area contributed by atoms with Gasteiger partial charge in [0.1, 0.15) is 0 Å². The average Bonchev–Trinajstić information content (AvgIpc) is 2.64. The van der Waals surface area contributed by atoms with E-state index in [-0.39, 0.29) is 10.8 Å². The Morgan fingerprint density at radius 1 is 1.00 bits per heavy atom. The van der Waals surface area contributed by atoms with Gasteiger partial charge in [-0.1, -0.05) is 75.2 Å². The summed E-state index contributed by atoms with van der Waals surface area (Å²) < 4.78 is 0.258. The van der Waals surface area contributed by atoms with Crippen LogP contribution in [0.4, 0.5) is 0 Å². The number of hydrogen-bond donors (Lipinski definition) is 2. The highest BCUT2D eigenvalue weighted by Gasteiger charge is 2.25. The Hall–Kier alpha value is -0.710. The van der Waals surface area contributed by atoms with Crippen molar-refractivity contribution in [3.63, 3.8) is 0 Å². The zero-order valence-electron chi connectivity index (χ0n) is 17.1. The molecule has 2 rings (SSSR count). The summed E-state index contributed by atoms with van der Waals surface area (Å²) >= 11 is 14.2. The Bertz CT molecular complexity index is 730. The van der Waals surface area contributed by atoms with Crippen LogP contribution in [-0.4, -0.2) is 21.6 Å². The van der Waals surface area contributed by atoms with E-state index in [0.717, 1.165) is 29.7 Å². The highest BCUT2D eigenvalue weighted by molar-refractivity contribution is 8.00. The maximum atomic E-state index is 11.2. The van der Waals surface area contributed by atoms with Crippen LogP contribution in [0.5, 0.6) is 0 Å². The lowest BCUT2D eigenvalue weighted by atomic mass is 9.94. The molecule has 0 heterocycles. The molecule has 2 aromatic carbocycles. The molecule has 28 heavy (non-hydrogen) atoms. The summed E-state index contributed by atoms with van der Waals surface area (Å²) in [5, 5.41) is 16.2. The van der Waals surface area contributed by atoms with Gasteiger partial charge < -0.3 is 10.4 Å². The highest BCUT2D eigenvalue weighted by atomic mass is 35.5. The predicted molar refractivity (Wildman–Crippen MR) is 125 cm³/mol. The van der Waals surface area contributed by atoms with Gasteiger partial charge in [0.15, 0.2) is 0 Å². The lowest BCUT2D eigenvalue weighted by molar-refractivity contribution is 0.120. The van der Waals surface area contributed by atoms with Gasteiger partial charge in [-0.05, 0) is 54.0 Å². The fourth-order valence-corrected chi connectivity index (χ4v) is 4.43. The molecule has 2 N–H and O–H groups in total. The van der Waals surface area contributed by atoms with Crippen LogP contribution in [0.3, 0.4) is 0 Å². The summed E-state index contributed by atoms with van der Waals surface area (Å²) in [5.41, 5.74) is 1.82. The van der Waals surface area contributed by atoms with Gasteiger partial charge in [0.2, 0.25) is 0 Å². The molecule has 5 heteroatoms. The summed E-state index contributed by atoms with van der Waals surface area (Å²) in [6.07, 6.45) is 1.34. The van der Waals surface area contributed by atoms with E-state index in [1.807, 2.05) is 60.3 Å². The van der Waals surface area contributed by atoms with E-state index in [4.69, 9.17) is 23.2 Å². The molecular formula is C23H31Cl2NOS. The van der Waals surface area contributed by atoms with Gasteiger partial charge in [-0.25, -0.2) is 0 Å². The van der Waals surface area contributed by atoms with E-state index in [2.05, 4.69) is 33.0 Å². The summed E-state index contributed by atoms with van der Waals surface area (Å²) in [7, 11) is 0. The van der Waals surface area contributed by atoms with E-state index in [0.29, 0.717) is 16.1 Å². The molecule has 0 aliphatic rings. The summed E-state index contributed by atoms with van der Waals surface area (Å²) in [6, 6.07) is 15.2. The predicted octanol–water partition coefficient (Wildman–Crippen LogP) is 7.06. The Labute approximate surface area is 184 Å². The second-order valence-electron chi connectivity index (χ2n) is 8.05. The summed E-state index contributed by atoms with van der Waals surface area (Å²) in [4.78, 5) is 0. The second-order valence-corrected chi connectivity index (χ2v) is 10.8. The minimum Gasteiger partial charge on any atom is -0.386 e. The Kier molecular flexibility index (Phi) is 9.17. The number of thioether (sulfide) groups is 1. The first-order valence-electron chi connectivity index (χ1n) is 9.78. The topological polar surface area (TPSA) is 32.3 Å². The molecule has 1 unspecified atom stereocenters. The van der Waals surface area contributed by atoms with Crippen molar-refractivity contribution in [3.8, 4) is 0 Å². The highest BCUT2D eigenvalue weighted by Crippen LogP contribution is 2.32. The van der Waals surface area contributed by atoms with Gasteiger partial charge in [0, 0.05) is 20.8 Å². The number of benzene rings is 2. The minimum atomic E-state index is -0.704. The molecule has 0 bridgehead atoms. The third-order valence-electron chi connectivity index (χ3n) is 4.64. The standard InChI is InChI=1S/C23H31Cl2NOS/c1-5-20(13-14-28-23(2,3)4)26-21(16-9-11-18(24)12-10-16)22(27)17-7-6-8-19(25)15-17/h6-12,15,20-22,26-27H,5,13-14H2,1-4H3/t20?,21-,22-/m1/s1. The fraction of sp³-hybridized carbons (Fsp3) is 0.478. The average molecular weight is 440 g/mol. The molecule has 2 aromatic rings. The van der Waals surface area contributed by atoms with E-state index < -0.39 is 6.10 Å². The lowest BCUT2D eigenvalue weighted by Gasteiger charge is -2.30. The maximum absolute atomic E-state index is 11.2. The Morgan fingerprint density at radius 3 is 2.25 bits per heavy atom. The van der Waals surface area contributed by atoms with Crippen LogP contribution in [0, 0.1) is 0 Å². The number of nitrogens with one attached hydrogen (secondary N) is 1. The molecule has 0 aliphatic carbocycles. The number of aliphatic hydroxyl groups is 1. The summed E-state index contributed by atoms with van der Waals surface area (Å²) in [6.45, 7) is 8.91. The van der Waals surface area contributed by atoms with Crippen molar-refractivity contribution >= 4 is 35.0 Å². The third kappa shape index (κ3) is 7.61. The first kappa shape index (κ1) is 23.6. The minimum absolute atomic E-state index is 0.236. The Morgan fingerprint density at radius 2 is 1.68 bits per heavy atom. The molecule has 0 saturated heterocycles. The van der Waals surface area contributed by atoms with Crippen LogP contribution in [0.2, 0.25) is 10.0 Å². The van der Waals surface area contributed by atoms with E-state index in [1.165, 1.54) is 0 Å². The maximum Gasteiger partial charge on any atom is 0.0985 e. The van der Waals surface area contributed by atoms with Crippen molar-refractivity contribution in [2.75, 3.05) is 5.75 Å². The van der Waals surface area contributed by atoms with Gasteiger partial charge in [0.05, 0.1) is 12.1 Å². The molecule has 2 nitrogen and oxygen atoms in total. The smallest absolute Gasteiger partial charge is 0.0985 e.